The molecule has 0 aliphatic rings. The van der Waals surface area contributed by atoms with Gasteiger partial charge in [0.05, 0.1) is 26.3 Å². The van der Waals surface area contributed by atoms with Gasteiger partial charge < -0.3 is 20.9 Å². The van der Waals surface area contributed by atoms with Crippen LogP contribution in [0.3, 0.4) is 0 Å². The Kier molecular flexibility index (Phi) is 5.86. The summed E-state index contributed by atoms with van der Waals surface area (Å²) in [4.78, 5) is 0. The minimum absolute atomic E-state index is 0.357. The number of rotatable bonds is 5. The topological polar surface area (TPSA) is 70.5 Å². The van der Waals surface area contributed by atoms with Gasteiger partial charge in [-0.15, -0.1) is 0 Å². The molecule has 2 aromatic carbocycles. The van der Waals surface area contributed by atoms with Crippen molar-refractivity contribution in [2.24, 2.45) is 11.5 Å². The molecule has 2 rings (SSSR count). The van der Waals surface area contributed by atoms with Crippen molar-refractivity contribution in [3.63, 3.8) is 0 Å². The summed E-state index contributed by atoms with van der Waals surface area (Å²) in [5, 5.41) is 0. The van der Waals surface area contributed by atoms with Crippen molar-refractivity contribution >= 4 is 31.9 Å². The number of halogens is 2. The summed E-state index contributed by atoms with van der Waals surface area (Å²) in [5.41, 5.74) is 14.6. The number of hydrogen-bond acceptors (Lipinski definition) is 4. The van der Waals surface area contributed by atoms with Crippen LogP contribution in [-0.2, 0) is 0 Å². The van der Waals surface area contributed by atoms with E-state index in [9.17, 15) is 0 Å². The maximum atomic E-state index is 6.35. The van der Waals surface area contributed by atoms with Crippen LogP contribution in [0.4, 0.5) is 0 Å². The molecular formula is C16H18Br2N2O2. The molecule has 22 heavy (non-hydrogen) atoms. The van der Waals surface area contributed by atoms with E-state index in [1.807, 2.05) is 36.4 Å². The highest BCUT2D eigenvalue weighted by Gasteiger charge is 2.22. The fourth-order valence-corrected chi connectivity index (χ4v) is 3.44. The van der Waals surface area contributed by atoms with Gasteiger partial charge >= 0.3 is 0 Å². The van der Waals surface area contributed by atoms with Crippen LogP contribution in [0.2, 0.25) is 0 Å². The molecule has 0 spiro atoms. The lowest BCUT2D eigenvalue weighted by Crippen LogP contribution is -2.27. The molecule has 0 aromatic heterocycles. The second-order valence-corrected chi connectivity index (χ2v) is 6.54. The van der Waals surface area contributed by atoms with E-state index in [4.69, 9.17) is 20.9 Å². The van der Waals surface area contributed by atoms with Gasteiger partial charge in [-0.3, -0.25) is 0 Å². The highest BCUT2D eigenvalue weighted by atomic mass is 79.9. The average Bonchev–Trinajstić information content (AvgIpc) is 2.53. The predicted octanol–water partition coefficient (Wildman–Crippen LogP) is 3.93. The highest BCUT2D eigenvalue weighted by Crippen LogP contribution is 2.35. The number of hydrogen-bond donors (Lipinski definition) is 2. The zero-order chi connectivity index (χ0) is 16.3. The first-order chi connectivity index (χ1) is 10.5. The monoisotopic (exact) mass is 428 g/mol. The Morgan fingerprint density at radius 2 is 1.14 bits per heavy atom. The van der Waals surface area contributed by atoms with Gasteiger partial charge in [0.25, 0.3) is 0 Å². The molecule has 4 N–H and O–H groups in total. The van der Waals surface area contributed by atoms with Gasteiger partial charge in [-0.2, -0.15) is 0 Å². The Morgan fingerprint density at radius 1 is 0.773 bits per heavy atom. The Balaban J connectivity index is 2.30. The van der Waals surface area contributed by atoms with Gasteiger partial charge in [-0.05, 0) is 35.4 Å². The predicted molar refractivity (Wildman–Crippen MR) is 95.2 cm³/mol. The van der Waals surface area contributed by atoms with E-state index in [2.05, 4.69) is 31.9 Å². The molecule has 0 bridgehead atoms. The van der Waals surface area contributed by atoms with Crippen molar-refractivity contribution < 1.29 is 9.47 Å². The summed E-state index contributed by atoms with van der Waals surface area (Å²) in [6.45, 7) is 0. The smallest absolute Gasteiger partial charge is 0.120 e. The first kappa shape index (κ1) is 17.3. The van der Waals surface area contributed by atoms with E-state index in [0.29, 0.717) is 0 Å². The summed E-state index contributed by atoms with van der Waals surface area (Å²) < 4.78 is 12.1. The third-order valence-electron chi connectivity index (χ3n) is 3.52. The van der Waals surface area contributed by atoms with Crippen molar-refractivity contribution in [1.29, 1.82) is 0 Å². The Labute approximate surface area is 147 Å². The van der Waals surface area contributed by atoms with Crippen LogP contribution in [0.15, 0.2) is 45.3 Å². The number of benzene rings is 2. The van der Waals surface area contributed by atoms with Crippen LogP contribution in [0.25, 0.3) is 0 Å². The Hall–Kier alpha value is -1.08. The fraction of sp³-hybridized carbons (Fsp3) is 0.250. The van der Waals surface area contributed by atoms with Crippen LogP contribution >= 0.6 is 31.9 Å². The van der Waals surface area contributed by atoms with Crippen LogP contribution in [-0.4, -0.2) is 14.2 Å². The average molecular weight is 430 g/mol. The van der Waals surface area contributed by atoms with Crippen LogP contribution in [0, 0.1) is 0 Å². The van der Waals surface area contributed by atoms with Crippen molar-refractivity contribution in [2.75, 3.05) is 14.2 Å². The minimum atomic E-state index is -0.357. The minimum Gasteiger partial charge on any atom is -0.497 e. The molecule has 0 saturated heterocycles. The molecule has 2 unspecified atom stereocenters. The summed E-state index contributed by atoms with van der Waals surface area (Å²) in [7, 11) is 3.25. The molecule has 0 heterocycles. The highest BCUT2D eigenvalue weighted by molar-refractivity contribution is 9.10. The molecule has 2 atom stereocenters. The van der Waals surface area contributed by atoms with Gasteiger partial charge in [0, 0.05) is 8.95 Å². The maximum absolute atomic E-state index is 6.35. The van der Waals surface area contributed by atoms with Gasteiger partial charge in [0.2, 0.25) is 0 Å². The molecule has 2 aromatic rings. The zero-order valence-electron chi connectivity index (χ0n) is 12.3. The molecule has 0 aliphatic heterocycles. The van der Waals surface area contributed by atoms with Crippen molar-refractivity contribution in [3.05, 3.63) is 56.5 Å². The second kappa shape index (κ2) is 7.46. The number of nitrogens with two attached hydrogens (primary N) is 2. The molecule has 0 saturated carbocycles. The first-order valence-corrected chi connectivity index (χ1v) is 8.24. The van der Waals surface area contributed by atoms with E-state index in [1.54, 1.807) is 14.2 Å². The van der Waals surface area contributed by atoms with E-state index < -0.39 is 0 Å². The van der Waals surface area contributed by atoms with Crippen LogP contribution in [0.5, 0.6) is 11.5 Å². The lowest BCUT2D eigenvalue weighted by atomic mass is 9.95. The molecule has 118 valence electrons. The molecular weight excluding hydrogens is 412 g/mol. The summed E-state index contributed by atoms with van der Waals surface area (Å²) in [5.74, 6) is 1.53. The van der Waals surface area contributed by atoms with E-state index in [1.165, 1.54) is 0 Å². The van der Waals surface area contributed by atoms with Crippen LogP contribution in [0.1, 0.15) is 23.2 Å². The van der Waals surface area contributed by atoms with Gasteiger partial charge in [0.15, 0.2) is 0 Å². The normalized spacial score (nSPS) is 13.5. The molecule has 0 amide bonds. The van der Waals surface area contributed by atoms with Crippen LogP contribution < -0.4 is 20.9 Å². The lowest BCUT2D eigenvalue weighted by molar-refractivity contribution is 0.413. The fourth-order valence-electron chi connectivity index (χ4n) is 2.20. The third kappa shape index (κ3) is 3.63. The molecule has 0 fully saturated rings. The summed E-state index contributed by atoms with van der Waals surface area (Å²) in [6.07, 6.45) is 0. The van der Waals surface area contributed by atoms with E-state index >= 15 is 0 Å². The zero-order valence-corrected chi connectivity index (χ0v) is 15.5. The maximum Gasteiger partial charge on any atom is 0.120 e. The quantitative estimate of drug-likeness (QED) is 0.755. The lowest BCUT2D eigenvalue weighted by Gasteiger charge is -2.23. The van der Waals surface area contributed by atoms with Crippen molar-refractivity contribution in [3.8, 4) is 11.5 Å². The SMILES string of the molecule is COc1ccc(C(N)C(N)c2ccc(OC)cc2Br)c(Br)c1. The first-order valence-electron chi connectivity index (χ1n) is 6.66. The largest absolute Gasteiger partial charge is 0.497 e. The second-order valence-electron chi connectivity index (χ2n) is 4.83. The standard InChI is InChI=1S/C16H18Br2N2O2/c1-21-9-3-5-11(13(17)7-9)15(19)16(20)12-6-4-10(22-2)8-14(12)18/h3-8,15-16H,19-20H2,1-2H3. The molecule has 6 heteroatoms. The van der Waals surface area contributed by atoms with Crippen molar-refractivity contribution in [1.82, 2.24) is 0 Å². The molecule has 0 radical (unpaired) electrons. The molecule has 0 aliphatic carbocycles. The summed E-state index contributed by atoms with van der Waals surface area (Å²) in [6, 6.07) is 10.6. The van der Waals surface area contributed by atoms with E-state index in [-0.39, 0.29) is 12.1 Å². The van der Waals surface area contributed by atoms with Gasteiger partial charge in [-0.1, -0.05) is 44.0 Å². The molecule has 4 nitrogen and oxygen atoms in total. The Bertz CT molecular complexity index is 607. The number of methoxy groups -OCH3 is 2. The van der Waals surface area contributed by atoms with Gasteiger partial charge in [-0.25, -0.2) is 0 Å². The summed E-state index contributed by atoms with van der Waals surface area (Å²) >= 11 is 7.05. The van der Waals surface area contributed by atoms with Gasteiger partial charge in [0.1, 0.15) is 11.5 Å². The third-order valence-corrected chi connectivity index (χ3v) is 4.89. The number of ether oxygens (including phenoxy) is 2. The van der Waals surface area contributed by atoms with Crippen molar-refractivity contribution in [2.45, 2.75) is 12.1 Å². The van der Waals surface area contributed by atoms with E-state index in [0.717, 1.165) is 31.6 Å². The Morgan fingerprint density at radius 3 is 1.41 bits per heavy atom.